The average Bonchev–Trinajstić information content (AvgIpc) is 2.62. The van der Waals surface area contributed by atoms with Crippen LogP contribution in [0.25, 0.3) is 6.08 Å². The summed E-state index contributed by atoms with van der Waals surface area (Å²) in [5.74, 6) is -1.24. The normalized spacial score (nSPS) is 22.0. The maximum atomic E-state index is 12.5. The van der Waals surface area contributed by atoms with Crippen molar-refractivity contribution in [1.82, 2.24) is 15.2 Å². The number of aliphatic carboxylic acids is 1. The highest BCUT2D eigenvalue weighted by Crippen LogP contribution is 2.40. The molecule has 0 spiro atoms. The van der Waals surface area contributed by atoms with Gasteiger partial charge in [0.1, 0.15) is 22.7 Å². The molecule has 0 radical (unpaired) electrons. The third kappa shape index (κ3) is 4.19. The van der Waals surface area contributed by atoms with Crippen LogP contribution in [-0.2, 0) is 14.3 Å². The predicted molar refractivity (Wildman–Crippen MR) is 104 cm³/mol. The van der Waals surface area contributed by atoms with Gasteiger partial charge in [-0.3, -0.25) is 14.7 Å². The highest BCUT2D eigenvalue weighted by molar-refractivity contribution is 8.00. The van der Waals surface area contributed by atoms with E-state index in [-0.39, 0.29) is 5.70 Å². The van der Waals surface area contributed by atoms with Gasteiger partial charge >= 0.3 is 12.1 Å². The SMILES string of the molecule is CC(C)(C)OC(=O)N[C@@H]1C(=O)N2C(C(=O)O)=C(/C=C\c3cccnc3)CS[C@H]12. The van der Waals surface area contributed by atoms with E-state index in [4.69, 9.17) is 4.74 Å². The number of amides is 2. The van der Waals surface area contributed by atoms with E-state index in [0.717, 1.165) is 5.56 Å². The number of allylic oxidation sites excluding steroid dienone is 1. The van der Waals surface area contributed by atoms with Crippen LogP contribution in [-0.4, -0.2) is 55.7 Å². The fraction of sp³-hybridized carbons (Fsp3) is 0.368. The van der Waals surface area contributed by atoms with Gasteiger partial charge in [-0.25, -0.2) is 9.59 Å². The first kappa shape index (κ1) is 19.9. The summed E-state index contributed by atoms with van der Waals surface area (Å²) in [4.78, 5) is 41.5. The number of carbonyl (C=O) groups excluding carboxylic acids is 2. The number of hydrogen-bond donors (Lipinski definition) is 2. The monoisotopic (exact) mass is 403 g/mol. The molecule has 8 nitrogen and oxygen atoms in total. The molecule has 2 aliphatic heterocycles. The zero-order valence-electron chi connectivity index (χ0n) is 15.7. The summed E-state index contributed by atoms with van der Waals surface area (Å²) in [6.45, 7) is 5.18. The van der Waals surface area contributed by atoms with Crippen molar-refractivity contribution in [2.45, 2.75) is 37.8 Å². The zero-order valence-corrected chi connectivity index (χ0v) is 16.5. The number of carbonyl (C=O) groups is 3. The number of aromatic nitrogens is 1. The molecule has 2 amide bonds. The molecule has 3 heterocycles. The Morgan fingerprint density at radius 1 is 1.39 bits per heavy atom. The minimum absolute atomic E-state index is 0.0591. The molecule has 0 saturated carbocycles. The lowest BCUT2D eigenvalue weighted by Crippen LogP contribution is -2.70. The van der Waals surface area contributed by atoms with Crippen molar-refractivity contribution in [3.8, 4) is 0 Å². The van der Waals surface area contributed by atoms with Crippen LogP contribution >= 0.6 is 11.8 Å². The molecule has 9 heteroatoms. The molecular weight excluding hydrogens is 382 g/mol. The van der Waals surface area contributed by atoms with Crippen LogP contribution in [0.3, 0.4) is 0 Å². The lowest BCUT2D eigenvalue weighted by molar-refractivity contribution is -0.149. The maximum absolute atomic E-state index is 12.5. The van der Waals surface area contributed by atoms with Gasteiger partial charge < -0.3 is 15.2 Å². The van der Waals surface area contributed by atoms with E-state index in [1.165, 1.54) is 16.7 Å². The van der Waals surface area contributed by atoms with Crippen LogP contribution in [0, 0.1) is 0 Å². The van der Waals surface area contributed by atoms with E-state index >= 15 is 0 Å². The highest BCUT2D eigenvalue weighted by atomic mass is 32.2. The fourth-order valence-electron chi connectivity index (χ4n) is 2.88. The third-order valence-corrected chi connectivity index (χ3v) is 5.34. The number of β-lactam (4-membered cyclic amide) rings is 1. The van der Waals surface area contributed by atoms with Crippen LogP contribution in [0.5, 0.6) is 0 Å². The number of nitrogens with one attached hydrogen (secondary N) is 1. The number of alkyl carbamates (subject to hydrolysis) is 1. The molecule has 0 aliphatic carbocycles. The van der Waals surface area contributed by atoms with Gasteiger partial charge in [0.2, 0.25) is 0 Å². The lowest BCUT2D eigenvalue weighted by atomic mass is 10.0. The molecule has 1 aromatic heterocycles. The summed E-state index contributed by atoms with van der Waals surface area (Å²) in [6.07, 6.45) is 6.05. The first-order valence-electron chi connectivity index (χ1n) is 8.66. The lowest BCUT2D eigenvalue weighted by Gasteiger charge is -2.49. The Balaban J connectivity index is 1.77. The number of fused-ring (bicyclic) bond motifs is 1. The number of nitrogens with zero attached hydrogens (tertiary/aromatic N) is 2. The van der Waals surface area contributed by atoms with Gasteiger partial charge in [0.25, 0.3) is 5.91 Å². The Labute approximate surface area is 166 Å². The molecule has 0 bridgehead atoms. The van der Waals surface area contributed by atoms with Crippen LogP contribution < -0.4 is 5.32 Å². The summed E-state index contributed by atoms with van der Waals surface area (Å²) in [5, 5.41) is 11.7. The van der Waals surface area contributed by atoms with Crippen molar-refractivity contribution in [3.63, 3.8) is 0 Å². The van der Waals surface area contributed by atoms with E-state index < -0.39 is 35.0 Å². The van der Waals surface area contributed by atoms with Crippen molar-refractivity contribution >= 4 is 35.8 Å². The van der Waals surface area contributed by atoms with E-state index in [1.807, 2.05) is 6.07 Å². The number of carboxylic acids is 1. The molecule has 2 N–H and O–H groups in total. The van der Waals surface area contributed by atoms with E-state index in [2.05, 4.69) is 10.3 Å². The fourth-order valence-corrected chi connectivity index (χ4v) is 4.20. The quantitative estimate of drug-likeness (QED) is 0.742. The number of rotatable bonds is 4. The topological polar surface area (TPSA) is 109 Å². The van der Waals surface area contributed by atoms with E-state index in [9.17, 15) is 19.5 Å². The molecule has 1 saturated heterocycles. The van der Waals surface area contributed by atoms with Crippen molar-refractivity contribution in [1.29, 1.82) is 0 Å². The molecule has 2 atom stereocenters. The Kier molecular flexibility index (Phi) is 5.46. The maximum Gasteiger partial charge on any atom is 0.408 e. The Hall–Kier alpha value is -2.81. The molecule has 0 unspecified atom stereocenters. The second-order valence-electron chi connectivity index (χ2n) is 7.33. The molecule has 3 rings (SSSR count). The van der Waals surface area contributed by atoms with Crippen LogP contribution in [0.2, 0.25) is 0 Å². The molecule has 1 aromatic rings. The minimum Gasteiger partial charge on any atom is -0.477 e. The molecular formula is C19H21N3O5S. The van der Waals surface area contributed by atoms with Crippen molar-refractivity contribution in [2.75, 3.05) is 5.75 Å². The van der Waals surface area contributed by atoms with Crippen molar-refractivity contribution < 1.29 is 24.2 Å². The molecule has 0 aromatic carbocycles. The number of ether oxygens (including phenoxy) is 1. The third-order valence-electron chi connectivity index (χ3n) is 4.03. The van der Waals surface area contributed by atoms with E-state index in [0.29, 0.717) is 11.3 Å². The van der Waals surface area contributed by atoms with Crippen molar-refractivity contribution in [3.05, 3.63) is 47.4 Å². The number of pyridine rings is 1. The van der Waals surface area contributed by atoms with Crippen LogP contribution in [0.4, 0.5) is 4.79 Å². The van der Waals surface area contributed by atoms with Gasteiger partial charge in [-0.1, -0.05) is 18.2 Å². The summed E-state index contributed by atoms with van der Waals surface area (Å²) in [7, 11) is 0. The largest absolute Gasteiger partial charge is 0.477 e. The molecule has 28 heavy (non-hydrogen) atoms. The number of carboxylic acid groups (broad SMARTS) is 1. The molecule has 1 fully saturated rings. The number of hydrogen-bond acceptors (Lipinski definition) is 6. The van der Waals surface area contributed by atoms with E-state index in [1.54, 1.807) is 51.4 Å². The van der Waals surface area contributed by atoms with Crippen LogP contribution in [0.1, 0.15) is 26.3 Å². The minimum atomic E-state index is -1.18. The summed E-state index contributed by atoms with van der Waals surface area (Å²) in [6, 6.07) is 2.82. The van der Waals surface area contributed by atoms with Gasteiger partial charge in [0.15, 0.2) is 0 Å². The van der Waals surface area contributed by atoms with Crippen molar-refractivity contribution in [2.24, 2.45) is 0 Å². The highest BCUT2D eigenvalue weighted by Gasteiger charge is 2.54. The summed E-state index contributed by atoms with van der Waals surface area (Å²) < 4.78 is 5.18. The Morgan fingerprint density at radius 2 is 2.14 bits per heavy atom. The van der Waals surface area contributed by atoms with Gasteiger partial charge in [-0.15, -0.1) is 11.8 Å². The summed E-state index contributed by atoms with van der Waals surface area (Å²) >= 11 is 1.40. The Morgan fingerprint density at radius 3 is 2.75 bits per heavy atom. The van der Waals surface area contributed by atoms with Gasteiger partial charge in [-0.2, -0.15) is 0 Å². The average molecular weight is 403 g/mol. The second-order valence-corrected chi connectivity index (χ2v) is 8.44. The standard InChI is InChI=1S/C19H21N3O5S/c1-19(2,3)27-18(26)21-13-15(23)22-14(17(24)25)12(10-28-16(13)22)7-6-11-5-4-8-20-9-11/h4-9,13,16H,10H2,1-3H3,(H,21,26)(H,24,25)/b7-6-/t13-,16-/m1/s1. The second kappa shape index (κ2) is 7.67. The molecule has 148 valence electrons. The first-order valence-corrected chi connectivity index (χ1v) is 9.71. The summed E-state index contributed by atoms with van der Waals surface area (Å²) in [5.41, 5.74) is 0.608. The van der Waals surface area contributed by atoms with Crippen LogP contribution in [0.15, 0.2) is 41.9 Å². The zero-order chi connectivity index (χ0) is 20.5. The first-order chi connectivity index (χ1) is 13.2. The van der Waals surface area contributed by atoms with Gasteiger partial charge in [-0.05, 0) is 38.0 Å². The Bertz CT molecular complexity index is 860. The van der Waals surface area contributed by atoms with Gasteiger partial charge in [0, 0.05) is 18.1 Å². The van der Waals surface area contributed by atoms with Gasteiger partial charge in [0.05, 0.1) is 0 Å². The predicted octanol–water partition coefficient (Wildman–Crippen LogP) is 2.24. The molecule has 2 aliphatic rings. The number of thioether (sulfide) groups is 1. The smallest absolute Gasteiger partial charge is 0.408 e.